The van der Waals surface area contributed by atoms with Crippen LogP contribution in [0.3, 0.4) is 0 Å². The summed E-state index contributed by atoms with van der Waals surface area (Å²) in [6, 6.07) is -2.65. The van der Waals surface area contributed by atoms with Gasteiger partial charge in [-0.05, 0) is 24.3 Å². The number of alkyl halides is 8. The van der Waals surface area contributed by atoms with E-state index in [-0.39, 0.29) is 59.1 Å². The van der Waals surface area contributed by atoms with Crippen LogP contribution in [0.2, 0.25) is 0 Å². The summed E-state index contributed by atoms with van der Waals surface area (Å²) in [5.74, 6) is -13.6. The van der Waals surface area contributed by atoms with Gasteiger partial charge in [-0.3, -0.25) is 0 Å². The molecule has 2 aromatic carbocycles. The van der Waals surface area contributed by atoms with Crippen LogP contribution in [0.15, 0.2) is 39.0 Å². The molecule has 1 atom stereocenters. The third-order valence-corrected chi connectivity index (χ3v) is 11.4. The topological polar surface area (TPSA) is 209 Å². The van der Waals surface area contributed by atoms with Crippen molar-refractivity contribution in [3.63, 3.8) is 0 Å². The molecular formula is C16H4F12Na2O12S5. The molecule has 2 rings (SSSR count). The van der Waals surface area contributed by atoms with Crippen molar-refractivity contribution in [2.24, 2.45) is 0 Å². The van der Waals surface area contributed by atoms with Crippen LogP contribution in [-0.4, -0.2) is 68.0 Å². The predicted octanol–water partition coefficient (Wildman–Crippen LogP) is -3.64. The molecule has 1 unspecified atom stereocenters. The van der Waals surface area contributed by atoms with Crippen molar-refractivity contribution in [2.45, 2.75) is 35.7 Å². The number of hydrogen-bond donors (Lipinski definition) is 0. The maximum Gasteiger partial charge on any atom is 1.00 e. The van der Waals surface area contributed by atoms with Gasteiger partial charge in [-0.15, -0.1) is 0 Å². The van der Waals surface area contributed by atoms with Gasteiger partial charge in [0.2, 0.25) is 15.6 Å². The SMILES string of the molecule is O=S(Oc1c(F)cc(S(=O)(=O)c2cc(F)c(S(=O)(=O)C(F)(F)C(F)(F)S(=O)(=O)[O-])c(F)c2)cc1F)C(F)(F)C(F)(F)S(=O)(=O)[O-].[Na+].[Na+]. The zero-order valence-electron chi connectivity index (χ0n) is 21.8. The number of rotatable bonds is 11. The Morgan fingerprint density at radius 2 is 0.894 bits per heavy atom. The third-order valence-electron chi connectivity index (χ3n) is 4.84. The fourth-order valence-corrected chi connectivity index (χ4v) is 7.50. The molecule has 0 radical (unpaired) electrons. The number of sulfone groups is 2. The first-order chi connectivity index (χ1) is 19.7. The van der Waals surface area contributed by atoms with E-state index in [1.807, 2.05) is 0 Å². The molecule has 12 nitrogen and oxygen atoms in total. The normalized spacial score (nSPS) is 14.5. The Hall–Kier alpha value is -0.730. The van der Waals surface area contributed by atoms with E-state index in [1.54, 1.807) is 0 Å². The first-order valence-corrected chi connectivity index (χ1v) is 16.6. The maximum absolute atomic E-state index is 14.4. The Morgan fingerprint density at radius 3 is 1.21 bits per heavy atom. The van der Waals surface area contributed by atoms with Gasteiger partial charge >= 0.3 is 80.1 Å². The van der Waals surface area contributed by atoms with Crippen LogP contribution >= 0.6 is 0 Å². The average molecular weight is 822 g/mol. The molecule has 47 heavy (non-hydrogen) atoms. The standard InChI is InChI=1S/C16H6F12O12S5.2Na/c17-7-1-5(2-8(18)11(7)40-41(29)13(21,22)14(23,24)44(34,35)36)42(30,31)6-3-9(19)12(10(20)4-6)43(32,33)15(25,26)16(27,28)45(37,38)39;;/h1-4H,(H,34,35,36)(H,37,38,39);;/q;2*+1/p-2. The van der Waals surface area contributed by atoms with Crippen molar-refractivity contribution in [1.29, 1.82) is 0 Å². The van der Waals surface area contributed by atoms with Crippen molar-refractivity contribution in [3.8, 4) is 5.75 Å². The molecule has 0 amide bonds. The summed E-state index contributed by atoms with van der Waals surface area (Å²) in [5.41, 5.74) is 0. The number of hydrogen-bond acceptors (Lipinski definition) is 12. The Morgan fingerprint density at radius 1 is 0.574 bits per heavy atom. The van der Waals surface area contributed by atoms with Gasteiger partial charge < -0.3 is 13.3 Å². The minimum atomic E-state index is -7.57. The van der Waals surface area contributed by atoms with Crippen LogP contribution in [0, 0.1) is 23.3 Å². The van der Waals surface area contributed by atoms with E-state index in [0.29, 0.717) is 0 Å². The molecule has 0 fully saturated rings. The van der Waals surface area contributed by atoms with E-state index in [0.717, 1.165) is 0 Å². The minimum absolute atomic E-state index is 0. The quantitative estimate of drug-likeness (QED) is 0.122. The summed E-state index contributed by atoms with van der Waals surface area (Å²) >= 11 is -5.14. The van der Waals surface area contributed by atoms with Crippen molar-refractivity contribution in [1.82, 2.24) is 0 Å². The van der Waals surface area contributed by atoms with Crippen LogP contribution in [0.4, 0.5) is 52.7 Å². The summed E-state index contributed by atoms with van der Waals surface area (Å²) in [6.45, 7) is 0. The van der Waals surface area contributed by atoms with Gasteiger partial charge in [-0.2, -0.15) is 35.1 Å². The monoisotopic (exact) mass is 822 g/mol. The molecule has 256 valence electrons. The molecule has 0 heterocycles. The Labute approximate surface area is 300 Å². The van der Waals surface area contributed by atoms with Gasteiger partial charge in [0.05, 0.1) is 9.79 Å². The molecule has 0 bridgehead atoms. The molecule has 31 heteroatoms. The summed E-state index contributed by atoms with van der Waals surface area (Å²) in [7, 11) is -28.3. The number of benzene rings is 2. The second-order valence-corrected chi connectivity index (χ2v) is 15.6. The smallest absolute Gasteiger partial charge is 0.743 e. The van der Waals surface area contributed by atoms with Crippen LogP contribution in [0.1, 0.15) is 0 Å². The molecule has 0 saturated heterocycles. The summed E-state index contributed by atoms with van der Waals surface area (Å²) < 4.78 is 292. The fraction of sp³-hybridized carbons (Fsp3) is 0.250. The van der Waals surface area contributed by atoms with Gasteiger partial charge in [-0.1, -0.05) is 0 Å². The molecule has 0 aliphatic rings. The van der Waals surface area contributed by atoms with Gasteiger partial charge in [0, 0.05) is 0 Å². The van der Waals surface area contributed by atoms with E-state index in [4.69, 9.17) is 0 Å². The Balaban J connectivity index is 0.0000106. The first kappa shape index (κ1) is 46.3. The van der Waals surface area contributed by atoms with Gasteiger partial charge in [0.1, 0.15) is 16.5 Å². The van der Waals surface area contributed by atoms with E-state index in [2.05, 4.69) is 4.18 Å². The molecule has 0 spiro atoms. The van der Waals surface area contributed by atoms with Gasteiger partial charge in [0.25, 0.3) is 20.9 Å². The van der Waals surface area contributed by atoms with E-state index >= 15 is 0 Å². The summed E-state index contributed by atoms with van der Waals surface area (Å²) in [4.78, 5) is -7.03. The van der Waals surface area contributed by atoms with Crippen molar-refractivity contribution in [2.75, 3.05) is 0 Å². The van der Waals surface area contributed by atoms with Crippen LogP contribution in [-0.2, 0) is 51.0 Å². The van der Waals surface area contributed by atoms with Gasteiger partial charge in [0.15, 0.2) is 31.9 Å². The molecular weight excluding hydrogens is 818 g/mol. The van der Waals surface area contributed by atoms with Gasteiger partial charge in [-0.25, -0.2) is 55.4 Å². The fourth-order valence-electron chi connectivity index (χ4n) is 2.66. The maximum atomic E-state index is 14.4. The zero-order chi connectivity index (χ0) is 35.7. The van der Waals surface area contributed by atoms with Crippen molar-refractivity contribution < 1.29 is 163 Å². The van der Waals surface area contributed by atoms with E-state index in [9.17, 15) is 99.7 Å². The van der Waals surface area contributed by atoms with Crippen molar-refractivity contribution in [3.05, 3.63) is 47.5 Å². The Kier molecular flexibility index (Phi) is 13.9. The largest absolute Gasteiger partial charge is 1.00 e. The van der Waals surface area contributed by atoms with Crippen LogP contribution in [0.25, 0.3) is 0 Å². The van der Waals surface area contributed by atoms with E-state index in [1.165, 1.54) is 0 Å². The molecule has 0 aliphatic heterocycles. The molecule has 2 aromatic rings. The first-order valence-electron chi connectivity index (χ1n) is 9.71. The summed E-state index contributed by atoms with van der Waals surface area (Å²) in [6.07, 6.45) is 0. The zero-order valence-corrected chi connectivity index (χ0v) is 29.9. The summed E-state index contributed by atoms with van der Waals surface area (Å²) in [5, 5.41) is -27.4. The minimum Gasteiger partial charge on any atom is -0.743 e. The second-order valence-electron chi connectivity index (χ2n) is 7.73. The number of halogens is 12. The predicted molar refractivity (Wildman–Crippen MR) is 113 cm³/mol. The molecule has 0 aromatic heterocycles. The average Bonchev–Trinajstić information content (AvgIpc) is 2.83. The molecule has 0 aliphatic carbocycles. The molecule has 0 saturated carbocycles. The van der Waals surface area contributed by atoms with Crippen LogP contribution < -0.4 is 63.3 Å². The molecule has 0 N–H and O–H groups in total. The van der Waals surface area contributed by atoms with Crippen molar-refractivity contribution >= 4 is 51.0 Å². The third kappa shape index (κ3) is 7.80. The van der Waals surface area contributed by atoms with Crippen LogP contribution in [0.5, 0.6) is 5.75 Å². The second kappa shape index (κ2) is 14.1. The van der Waals surface area contributed by atoms with E-state index < -0.39 is 140 Å². The Bertz CT molecular complexity index is 2000.